The molecular formula is C11H13NO2. The lowest BCUT2D eigenvalue weighted by molar-refractivity contribution is 0.118. The minimum Gasteiger partial charge on any atom is -0.396 e. The minimum atomic E-state index is -0.516. The Morgan fingerprint density at radius 3 is 3.07 bits per heavy atom. The predicted octanol–water partition coefficient (Wildman–Crippen LogP) is 1.22. The van der Waals surface area contributed by atoms with Crippen LogP contribution in [0.2, 0.25) is 0 Å². The Hall–Kier alpha value is -1.19. The van der Waals surface area contributed by atoms with Gasteiger partial charge in [0.1, 0.15) is 0 Å². The van der Waals surface area contributed by atoms with Crippen molar-refractivity contribution in [1.82, 2.24) is 0 Å². The van der Waals surface area contributed by atoms with Crippen LogP contribution in [0.4, 0.5) is 0 Å². The van der Waals surface area contributed by atoms with Crippen LogP contribution in [0.1, 0.15) is 6.42 Å². The first-order valence-corrected chi connectivity index (χ1v) is 4.63. The fraction of sp³-hybridized carbons (Fsp3) is 0.364. The highest BCUT2D eigenvalue weighted by molar-refractivity contribution is 6.09. The van der Waals surface area contributed by atoms with E-state index in [4.69, 9.17) is 9.84 Å². The van der Waals surface area contributed by atoms with Crippen LogP contribution < -0.4 is 0 Å². The molecule has 0 saturated carbocycles. The SMILES string of the molecule is COC12C=CC=CC1=NC=C2CCO. The van der Waals surface area contributed by atoms with Crippen LogP contribution in [-0.4, -0.2) is 30.1 Å². The molecule has 1 N–H and O–H groups in total. The van der Waals surface area contributed by atoms with Crippen molar-refractivity contribution in [2.24, 2.45) is 4.99 Å². The molecule has 1 heterocycles. The van der Waals surface area contributed by atoms with E-state index in [0.717, 1.165) is 11.3 Å². The predicted molar refractivity (Wildman–Crippen MR) is 55.2 cm³/mol. The van der Waals surface area contributed by atoms with Gasteiger partial charge in [0.25, 0.3) is 0 Å². The second-order valence-corrected chi connectivity index (χ2v) is 3.30. The molecule has 2 rings (SSSR count). The van der Waals surface area contributed by atoms with Crippen LogP contribution in [0.3, 0.4) is 0 Å². The molecule has 3 heteroatoms. The molecule has 0 aromatic heterocycles. The van der Waals surface area contributed by atoms with Gasteiger partial charge in [0.05, 0.1) is 5.71 Å². The maximum absolute atomic E-state index is 8.94. The highest BCUT2D eigenvalue weighted by Crippen LogP contribution is 2.34. The van der Waals surface area contributed by atoms with Gasteiger partial charge in [0, 0.05) is 19.9 Å². The van der Waals surface area contributed by atoms with Crippen LogP contribution in [0.25, 0.3) is 0 Å². The number of rotatable bonds is 3. The Morgan fingerprint density at radius 1 is 1.50 bits per heavy atom. The molecule has 1 unspecified atom stereocenters. The van der Waals surface area contributed by atoms with E-state index in [1.807, 2.05) is 24.3 Å². The number of ether oxygens (including phenoxy) is 1. The molecule has 1 aliphatic heterocycles. The number of hydrogen-bond donors (Lipinski definition) is 1. The summed E-state index contributed by atoms with van der Waals surface area (Å²) >= 11 is 0. The summed E-state index contributed by atoms with van der Waals surface area (Å²) in [6.45, 7) is 0.122. The van der Waals surface area contributed by atoms with Gasteiger partial charge in [0.15, 0.2) is 5.60 Å². The largest absolute Gasteiger partial charge is 0.396 e. The Morgan fingerprint density at radius 2 is 2.36 bits per heavy atom. The molecule has 0 aromatic carbocycles. The van der Waals surface area contributed by atoms with Crippen LogP contribution >= 0.6 is 0 Å². The normalized spacial score (nSPS) is 28.7. The van der Waals surface area contributed by atoms with E-state index < -0.39 is 5.60 Å². The molecule has 0 bridgehead atoms. The van der Waals surface area contributed by atoms with E-state index in [2.05, 4.69) is 4.99 Å². The maximum Gasteiger partial charge on any atom is 0.151 e. The molecular weight excluding hydrogens is 178 g/mol. The first-order chi connectivity index (χ1) is 6.83. The number of hydrogen-bond acceptors (Lipinski definition) is 3. The molecule has 1 atom stereocenters. The van der Waals surface area contributed by atoms with Crippen LogP contribution in [0.5, 0.6) is 0 Å². The molecule has 14 heavy (non-hydrogen) atoms. The van der Waals surface area contributed by atoms with Crippen LogP contribution in [0.15, 0.2) is 41.1 Å². The smallest absolute Gasteiger partial charge is 0.151 e. The average Bonchev–Trinajstić information content (AvgIpc) is 2.59. The first-order valence-electron chi connectivity index (χ1n) is 4.63. The summed E-state index contributed by atoms with van der Waals surface area (Å²) in [4.78, 5) is 4.28. The number of aliphatic imine (C=N–C) groups is 1. The number of nitrogens with zero attached hydrogens (tertiary/aromatic N) is 1. The molecule has 1 aliphatic carbocycles. The first kappa shape index (κ1) is 9.37. The van der Waals surface area contributed by atoms with Crippen LogP contribution in [-0.2, 0) is 4.74 Å². The quantitative estimate of drug-likeness (QED) is 0.728. The number of aliphatic hydroxyl groups excluding tert-OH is 1. The average molecular weight is 191 g/mol. The van der Waals surface area contributed by atoms with E-state index in [0.29, 0.717) is 6.42 Å². The summed E-state index contributed by atoms with van der Waals surface area (Å²) in [6, 6.07) is 0. The third-order valence-electron chi connectivity index (χ3n) is 2.62. The van der Waals surface area contributed by atoms with Crippen LogP contribution in [0, 0.1) is 0 Å². The van der Waals surface area contributed by atoms with Crippen molar-refractivity contribution in [3.8, 4) is 0 Å². The van der Waals surface area contributed by atoms with Gasteiger partial charge in [-0.1, -0.05) is 12.2 Å². The monoisotopic (exact) mass is 191 g/mol. The van der Waals surface area contributed by atoms with Gasteiger partial charge >= 0.3 is 0 Å². The van der Waals surface area contributed by atoms with Crippen molar-refractivity contribution in [2.45, 2.75) is 12.0 Å². The van der Waals surface area contributed by atoms with Crippen molar-refractivity contribution in [2.75, 3.05) is 13.7 Å². The van der Waals surface area contributed by atoms with Crippen molar-refractivity contribution >= 4 is 5.71 Å². The Balaban J connectivity index is 2.35. The molecule has 3 nitrogen and oxygen atoms in total. The second-order valence-electron chi connectivity index (χ2n) is 3.30. The van der Waals surface area contributed by atoms with Gasteiger partial charge in [-0.25, -0.2) is 0 Å². The molecule has 0 amide bonds. The summed E-state index contributed by atoms with van der Waals surface area (Å²) in [5.74, 6) is 0. The molecule has 0 fully saturated rings. The van der Waals surface area contributed by atoms with Gasteiger partial charge < -0.3 is 9.84 Å². The minimum absolute atomic E-state index is 0.122. The summed E-state index contributed by atoms with van der Waals surface area (Å²) < 4.78 is 5.52. The lowest BCUT2D eigenvalue weighted by Gasteiger charge is -2.29. The zero-order chi connectivity index (χ0) is 10.0. The number of aliphatic hydroxyl groups is 1. The highest BCUT2D eigenvalue weighted by atomic mass is 16.5. The molecule has 0 radical (unpaired) electrons. The number of allylic oxidation sites excluding steroid dienone is 2. The lowest BCUT2D eigenvalue weighted by atomic mass is 9.86. The molecule has 0 aromatic rings. The number of methoxy groups -OCH3 is 1. The number of fused-ring (bicyclic) bond motifs is 1. The van der Waals surface area contributed by atoms with E-state index in [-0.39, 0.29) is 6.61 Å². The molecule has 0 spiro atoms. The molecule has 0 saturated heterocycles. The van der Waals surface area contributed by atoms with Gasteiger partial charge in [0.2, 0.25) is 0 Å². The Labute approximate surface area is 83.1 Å². The van der Waals surface area contributed by atoms with Crippen molar-refractivity contribution in [1.29, 1.82) is 0 Å². The standard InChI is InChI=1S/C11H13NO2/c1-14-11-6-3-2-4-10(11)12-8-9(11)5-7-13/h2-4,6,8,13H,5,7H2,1H3. The summed E-state index contributed by atoms with van der Waals surface area (Å²) in [7, 11) is 1.66. The van der Waals surface area contributed by atoms with Crippen molar-refractivity contribution in [3.63, 3.8) is 0 Å². The third kappa shape index (κ3) is 1.17. The topological polar surface area (TPSA) is 41.8 Å². The van der Waals surface area contributed by atoms with E-state index >= 15 is 0 Å². The summed E-state index contributed by atoms with van der Waals surface area (Å²) in [6.07, 6.45) is 10.2. The Bertz CT molecular complexity index is 352. The van der Waals surface area contributed by atoms with Gasteiger partial charge in [-0.3, -0.25) is 4.99 Å². The van der Waals surface area contributed by atoms with Gasteiger partial charge in [-0.2, -0.15) is 0 Å². The summed E-state index contributed by atoms with van der Waals surface area (Å²) in [5.41, 5.74) is 1.39. The fourth-order valence-corrected chi connectivity index (χ4v) is 1.88. The molecule has 2 aliphatic rings. The van der Waals surface area contributed by atoms with Crippen molar-refractivity contribution in [3.05, 3.63) is 36.1 Å². The highest BCUT2D eigenvalue weighted by Gasteiger charge is 2.39. The third-order valence-corrected chi connectivity index (χ3v) is 2.62. The van der Waals surface area contributed by atoms with Gasteiger partial charge in [-0.05, 0) is 24.1 Å². The zero-order valence-electron chi connectivity index (χ0n) is 8.10. The summed E-state index contributed by atoms with van der Waals surface area (Å²) in [5, 5.41) is 8.94. The van der Waals surface area contributed by atoms with E-state index in [1.54, 1.807) is 13.3 Å². The zero-order valence-corrected chi connectivity index (χ0v) is 8.10. The maximum atomic E-state index is 8.94. The lowest BCUT2D eigenvalue weighted by Crippen LogP contribution is -2.38. The van der Waals surface area contributed by atoms with Gasteiger partial charge in [-0.15, -0.1) is 0 Å². The fourth-order valence-electron chi connectivity index (χ4n) is 1.88. The molecule has 74 valence electrons. The van der Waals surface area contributed by atoms with E-state index in [9.17, 15) is 0 Å². The van der Waals surface area contributed by atoms with Crippen molar-refractivity contribution < 1.29 is 9.84 Å². The van der Waals surface area contributed by atoms with E-state index in [1.165, 1.54) is 0 Å². The Kier molecular flexibility index (Phi) is 2.35. The second kappa shape index (κ2) is 3.52.